The second-order valence-corrected chi connectivity index (χ2v) is 6.14. The van der Waals surface area contributed by atoms with Crippen LogP contribution < -0.4 is 9.47 Å². The van der Waals surface area contributed by atoms with Crippen LogP contribution in [0.4, 0.5) is 0 Å². The van der Waals surface area contributed by atoms with E-state index in [0.29, 0.717) is 5.75 Å². The van der Waals surface area contributed by atoms with Gasteiger partial charge in [0.2, 0.25) is 0 Å². The summed E-state index contributed by atoms with van der Waals surface area (Å²) in [5.74, 6) is 1.29. The lowest BCUT2D eigenvalue weighted by Gasteiger charge is -2.07. The highest BCUT2D eigenvalue weighted by molar-refractivity contribution is 9.28. The first-order chi connectivity index (χ1) is 8.52. The van der Waals surface area contributed by atoms with Crippen LogP contribution in [0.2, 0.25) is 0 Å². The SMILES string of the molecule is COc1ccc(O/C=C/C(C)=O)c(C=C(Br)Br)c1. The molecule has 0 unspecified atom stereocenters. The molecule has 3 nitrogen and oxygen atoms in total. The van der Waals surface area contributed by atoms with Crippen LogP contribution in [-0.2, 0) is 4.79 Å². The molecule has 0 aliphatic carbocycles. The number of rotatable bonds is 5. The minimum atomic E-state index is -0.0673. The number of benzene rings is 1. The van der Waals surface area contributed by atoms with E-state index in [-0.39, 0.29) is 5.78 Å². The molecule has 0 bridgehead atoms. The predicted octanol–water partition coefficient (Wildman–Crippen LogP) is 4.26. The first-order valence-electron chi connectivity index (χ1n) is 5.07. The fraction of sp³-hybridized carbons (Fsp3) is 0.154. The molecule has 0 amide bonds. The summed E-state index contributed by atoms with van der Waals surface area (Å²) in [5, 5.41) is 0. The molecule has 0 fully saturated rings. The standard InChI is InChI=1S/C13H12Br2O3/c1-9(16)5-6-18-12-4-3-11(17-2)7-10(12)8-13(14)15/h3-8H,1-2H3/b6-5+. The summed E-state index contributed by atoms with van der Waals surface area (Å²) in [5.41, 5.74) is 0.825. The number of allylic oxidation sites excluding steroid dienone is 1. The van der Waals surface area contributed by atoms with Crippen LogP contribution in [0.25, 0.3) is 6.08 Å². The normalized spacial score (nSPS) is 10.2. The van der Waals surface area contributed by atoms with Gasteiger partial charge in [0, 0.05) is 11.6 Å². The highest BCUT2D eigenvalue weighted by Crippen LogP contribution is 2.29. The number of carbonyl (C=O) groups excluding carboxylic acids is 1. The Balaban J connectivity index is 3.02. The Morgan fingerprint density at radius 1 is 1.33 bits per heavy atom. The average molecular weight is 376 g/mol. The van der Waals surface area contributed by atoms with Crippen molar-refractivity contribution in [2.75, 3.05) is 7.11 Å². The quantitative estimate of drug-likeness (QED) is 0.569. The molecule has 0 radical (unpaired) electrons. The monoisotopic (exact) mass is 374 g/mol. The molecule has 1 aromatic carbocycles. The molecule has 0 saturated carbocycles. The van der Waals surface area contributed by atoms with Crippen LogP contribution >= 0.6 is 31.9 Å². The van der Waals surface area contributed by atoms with E-state index in [1.165, 1.54) is 19.3 Å². The van der Waals surface area contributed by atoms with E-state index in [4.69, 9.17) is 9.47 Å². The van der Waals surface area contributed by atoms with Crippen molar-refractivity contribution < 1.29 is 14.3 Å². The van der Waals surface area contributed by atoms with Crippen molar-refractivity contribution in [3.8, 4) is 11.5 Å². The van der Waals surface area contributed by atoms with E-state index in [1.54, 1.807) is 19.2 Å². The molecular formula is C13H12Br2O3. The molecule has 96 valence electrons. The number of hydrogen-bond donors (Lipinski definition) is 0. The number of hydrogen-bond acceptors (Lipinski definition) is 3. The van der Waals surface area contributed by atoms with E-state index in [0.717, 1.165) is 14.7 Å². The van der Waals surface area contributed by atoms with Crippen molar-refractivity contribution in [1.82, 2.24) is 0 Å². The molecule has 5 heteroatoms. The maximum atomic E-state index is 10.8. The van der Waals surface area contributed by atoms with E-state index in [2.05, 4.69) is 31.9 Å². The molecule has 0 aromatic heterocycles. The Kier molecular flexibility index (Phi) is 6.15. The van der Waals surface area contributed by atoms with E-state index in [9.17, 15) is 4.79 Å². The van der Waals surface area contributed by atoms with Gasteiger partial charge in [0.15, 0.2) is 5.78 Å². The van der Waals surface area contributed by atoms with Gasteiger partial charge >= 0.3 is 0 Å². The van der Waals surface area contributed by atoms with Gasteiger partial charge in [-0.3, -0.25) is 4.79 Å². The number of ketones is 1. The summed E-state index contributed by atoms with van der Waals surface area (Å²) in [6.07, 6.45) is 4.56. The first-order valence-corrected chi connectivity index (χ1v) is 6.66. The van der Waals surface area contributed by atoms with Gasteiger partial charge in [-0.2, -0.15) is 0 Å². The van der Waals surface area contributed by atoms with E-state index in [1.807, 2.05) is 12.1 Å². The molecule has 0 aliphatic heterocycles. The third-order valence-corrected chi connectivity index (χ3v) is 2.44. The molecule has 0 saturated heterocycles. The van der Waals surface area contributed by atoms with Crippen molar-refractivity contribution in [2.24, 2.45) is 0 Å². The zero-order chi connectivity index (χ0) is 13.5. The van der Waals surface area contributed by atoms with Crippen LogP contribution in [-0.4, -0.2) is 12.9 Å². The molecular weight excluding hydrogens is 364 g/mol. The Morgan fingerprint density at radius 2 is 2.06 bits per heavy atom. The highest BCUT2D eigenvalue weighted by Gasteiger charge is 2.03. The van der Waals surface area contributed by atoms with Crippen LogP contribution in [0.5, 0.6) is 11.5 Å². The zero-order valence-corrected chi connectivity index (χ0v) is 13.1. The van der Waals surface area contributed by atoms with Gasteiger partial charge in [0.1, 0.15) is 11.5 Å². The lowest BCUT2D eigenvalue weighted by atomic mass is 10.2. The molecule has 0 spiro atoms. The molecule has 0 atom stereocenters. The second kappa shape index (κ2) is 7.38. The van der Waals surface area contributed by atoms with E-state index < -0.39 is 0 Å². The highest BCUT2D eigenvalue weighted by atomic mass is 79.9. The molecule has 0 N–H and O–H groups in total. The maximum absolute atomic E-state index is 10.8. The van der Waals surface area contributed by atoms with Crippen molar-refractivity contribution in [1.29, 1.82) is 0 Å². The van der Waals surface area contributed by atoms with Gasteiger partial charge in [-0.1, -0.05) is 0 Å². The summed E-state index contributed by atoms with van der Waals surface area (Å²) in [4.78, 5) is 10.8. The van der Waals surface area contributed by atoms with Crippen molar-refractivity contribution in [2.45, 2.75) is 6.92 Å². The van der Waals surface area contributed by atoms with E-state index >= 15 is 0 Å². The summed E-state index contributed by atoms with van der Waals surface area (Å²) in [6.45, 7) is 1.46. The Labute approximate surface area is 123 Å². The largest absolute Gasteiger partial charge is 0.497 e. The van der Waals surface area contributed by atoms with Gasteiger partial charge in [-0.25, -0.2) is 0 Å². The molecule has 0 aliphatic rings. The van der Waals surface area contributed by atoms with Gasteiger partial charge in [-0.05, 0) is 63.1 Å². The average Bonchev–Trinajstić information content (AvgIpc) is 2.29. The fourth-order valence-electron chi connectivity index (χ4n) is 1.19. The molecule has 18 heavy (non-hydrogen) atoms. The Hall–Kier alpha value is -1.07. The number of ether oxygens (including phenoxy) is 2. The van der Waals surface area contributed by atoms with Gasteiger partial charge in [0.25, 0.3) is 0 Å². The van der Waals surface area contributed by atoms with Crippen molar-refractivity contribution in [3.05, 3.63) is 39.5 Å². The van der Waals surface area contributed by atoms with Gasteiger partial charge in [0.05, 0.1) is 16.8 Å². The number of halogens is 2. The number of methoxy groups -OCH3 is 1. The topological polar surface area (TPSA) is 35.5 Å². The van der Waals surface area contributed by atoms with Crippen LogP contribution in [0.1, 0.15) is 12.5 Å². The Bertz CT molecular complexity index is 489. The lowest BCUT2D eigenvalue weighted by Crippen LogP contribution is -1.90. The third-order valence-electron chi connectivity index (χ3n) is 1.98. The number of carbonyl (C=O) groups is 1. The summed E-state index contributed by atoms with van der Waals surface area (Å²) >= 11 is 6.58. The lowest BCUT2D eigenvalue weighted by molar-refractivity contribution is -0.112. The summed E-state index contributed by atoms with van der Waals surface area (Å²) < 4.78 is 11.3. The van der Waals surface area contributed by atoms with Crippen LogP contribution in [0, 0.1) is 0 Å². The summed E-state index contributed by atoms with van der Waals surface area (Å²) in [6, 6.07) is 5.40. The smallest absolute Gasteiger partial charge is 0.155 e. The first kappa shape index (κ1) is 15.0. The molecule has 1 rings (SSSR count). The van der Waals surface area contributed by atoms with Crippen LogP contribution in [0.3, 0.4) is 0 Å². The minimum absolute atomic E-state index is 0.0673. The van der Waals surface area contributed by atoms with Gasteiger partial charge < -0.3 is 9.47 Å². The maximum Gasteiger partial charge on any atom is 0.155 e. The van der Waals surface area contributed by atoms with Crippen molar-refractivity contribution in [3.63, 3.8) is 0 Å². The summed E-state index contributed by atoms with van der Waals surface area (Å²) in [7, 11) is 1.60. The minimum Gasteiger partial charge on any atom is -0.497 e. The zero-order valence-electron chi connectivity index (χ0n) is 9.94. The second-order valence-electron chi connectivity index (χ2n) is 3.37. The van der Waals surface area contributed by atoms with Crippen LogP contribution in [0.15, 0.2) is 33.9 Å². The molecule has 0 heterocycles. The van der Waals surface area contributed by atoms with Crippen molar-refractivity contribution >= 4 is 43.7 Å². The fourth-order valence-corrected chi connectivity index (χ4v) is 1.69. The molecule has 1 aromatic rings. The van der Waals surface area contributed by atoms with Gasteiger partial charge in [-0.15, -0.1) is 0 Å². The predicted molar refractivity (Wildman–Crippen MR) is 79.3 cm³/mol. The third kappa shape index (κ3) is 5.06. The Morgan fingerprint density at radius 3 is 2.61 bits per heavy atom.